The Hall–Kier alpha value is -2.09. The molecule has 0 bridgehead atoms. The maximum Gasteiger partial charge on any atom is 0.417 e. The van der Waals surface area contributed by atoms with Gasteiger partial charge in [0.05, 0.1) is 16.2 Å². The minimum atomic E-state index is -4.44. The highest BCUT2D eigenvalue weighted by Gasteiger charge is 2.33. The number of carbonyl (C=O) groups is 1. The van der Waals surface area contributed by atoms with E-state index < -0.39 is 11.7 Å². The molecule has 0 aliphatic rings. The summed E-state index contributed by atoms with van der Waals surface area (Å²) >= 11 is 0.930. The number of anilines is 1. The Bertz CT molecular complexity index is 720. The van der Waals surface area contributed by atoms with Gasteiger partial charge in [-0.3, -0.25) is 4.79 Å². The van der Waals surface area contributed by atoms with Crippen LogP contribution < -0.4 is 5.32 Å². The number of nitrogens with zero attached hydrogens (tertiary/aromatic N) is 2. The molecule has 1 heterocycles. The third-order valence-corrected chi connectivity index (χ3v) is 4.18. The molecule has 0 saturated heterocycles. The molecule has 23 heavy (non-hydrogen) atoms. The smallest absolute Gasteiger partial charge is 0.369 e. The van der Waals surface area contributed by atoms with E-state index in [4.69, 9.17) is 0 Å². The van der Waals surface area contributed by atoms with Crippen LogP contribution in [-0.4, -0.2) is 22.8 Å². The summed E-state index contributed by atoms with van der Waals surface area (Å²) in [5.74, 6) is 0.344. The average molecular weight is 341 g/mol. The van der Waals surface area contributed by atoms with E-state index in [0.717, 1.165) is 17.8 Å². The van der Waals surface area contributed by atoms with Crippen molar-refractivity contribution in [3.63, 3.8) is 0 Å². The van der Waals surface area contributed by atoms with Crippen LogP contribution in [-0.2, 0) is 6.18 Å². The van der Waals surface area contributed by atoms with Gasteiger partial charge in [-0.05, 0) is 26.0 Å². The first-order valence-electron chi connectivity index (χ1n) is 6.78. The summed E-state index contributed by atoms with van der Waals surface area (Å²) in [6.45, 7) is 3.98. The number of aromatic nitrogens is 2. The van der Waals surface area contributed by atoms with Gasteiger partial charge < -0.3 is 5.32 Å². The van der Waals surface area contributed by atoms with E-state index in [9.17, 15) is 18.0 Å². The van der Waals surface area contributed by atoms with Gasteiger partial charge in [0.2, 0.25) is 0 Å². The molecule has 0 aliphatic heterocycles. The molecule has 1 N–H and O–H groups in total. The van der Waals surface area contributed by atoms with Crippen LogP contribution in [0.1, 0.15) is 28.8 Å². The quantitative estimate of drug-likeness (QED) is 0.826. The number of halogens is 3. The summed E-state index contributed by atoms with van der Waals surface area (Å²) in [7, 11) is 0. The Kier molecular flexibility index (Phi) is 5.25. The van der Waals surface area contributed by atoms with Crippen LogP contribution in [0.25, 0.3) is 0 Å². The number of hydrogen-bond donors (Lipinski definition) is 1. The predicted molar refractivity (Wildman–Crippen MR) is 81.9 cm³/mol. The van der Waals surface area contributed by atoms with Crippen LogP contribution in [0, 0.1) is 6.92 Å². The van der Waals surface area contributed by atoms with Crippen LogP contribution in [0.3, 0.4) is 0 Å². The molecular formula is C15H14F3N3OS. The molecule has 0 aliphatic carbocycles. The van der Waals surface area contributed by atoms with Crippen molar-refractivity contribution < 1.29 is 18.0 Å². The summed E-state index contributed by atoms with van der Waals surface area (Å²) in [6.07, 6.45) is -3.94. The fourth-order valence-corrected chi connectivity index (χ4v) is 3.01. The molecule has 1 aromatic heterocycles. The van der Waals surface area contributed by atoms with E-state index in [1.54, 1.807) is 13.0 Å². The van der Waals surface area contributed by atoms with Gasteiger partial charge in [-0.15, -0.1) is 0 Å². The molecule has 8 heteroatoms. The van der Waals surface area contributed by atoms with Gasteiger partial charge >= 0.3 is 6.18 Å². The van der Waals surface area contributed by atoms with Crippen LogP contribution >= 0.6 is 11.8 Å². The Morgan fingerprint density at radius 3 is 2.57 bits per heavy atom. The average Bonchev–Trinajstić information content (AvgIpc) is 2.50. The molecule has 0 radical (unpaired) electrons. The molecule has 1 aromatic carbocycles. The summed E-state index contributed by atoms with van der Waals surface area (Å²) in [4.78, 5) is 19.4. The molecule has 4 nitrogen and oxygen atoms in total. The SMILES string of the molecule is CCNc1nc(C=O)nc(C)c1Sc1ccccc1C(F)(F)F. The van der Waals surface area contributed by atoms with Gasteiger partial charge in [-0.25, -0.2) is 9.97 Å². The van der Waals surface area contributed by atoms with Gasteiger partial charge in [0.15, 0.2) is 12.1 Å². The molecule has 2 rings (SSSR count). The highest BCUT2D eigenvalue weighted by Crippen LogP contribution is 2.41. The number of rotatable bonds is 5. The molecule has 0 fully saturated rings. The van der Waals surface area contributed by atoms with E-state index in [-0.39, 0.29) is 10.7 Å². The summed E-state index contributed by atoms with van der Waals surface area (Å²) < 4.78 is 39.3. The largest absolute Gasteiger partial charge is 0.417 e. The van der Waals surface area contributed by atoms with Crippen molar-refractivity contribution in [2.45, 2.75) is 29.8 Å². The second kappa shape index (κ2) is 6.99. The molecular weight excluding hydrogens is 327 g/mol. The number of alkyl halides is 3. The lowest BCUT2D eigenvalue weighted by Gasteiger charge is -2.15. The van der Waals surface area contributed by atoms with Crippen molar-refractivity contribution in [1.82, 2.24) is 9.97 Å². The van der Waals surface area contributed by atoms with Gasteiger partial charge in [0.25, 0.3) is 0 Å². The highest BCUT2D eigenvalue weighted by atomic mass is 32.2. The number of carbonyl (C=O) groups excluding carboxylic acids is 1. The topological polar surface area (TPSA) is 54.9 Å². The summed E-state index contributed by atoms with van der Waals surface area (Å²) in [5.41, 5.74) is -0.272. The van der Waals surface area contributed by atoms with E-state index in [2.05, 4.69) is 15.3 Å². The normalized spacial score (nSPS) is 11.3. The Morgan fingerprint density at radius 2 is 1.96 bits per heavy atom. The predicted octanol–water partition coefficient (Wildman–Crippen LogP) is 4.20. The Balaban J connectivity index is 2.51. The lowest BCUT2D eigenvalue weighted by molar-refractivity contribution is -0.139. The second-order valence-electron chi connectivity index (χ2n) is 4.59. The minimum Gasteiger partial charge on any atom is -0.369 e. The van der Waals surface area contributed by atoms with Crippen molar-refractivity contribution in [2.24, 2.45) is 0 Å². The third-order valence-electron chi connectivity index (χ3n) is 2.91. The van der Waals surface area contributed by atoms with Crippen molar-refractivity contribution in [2.75, 3.05) is 11.9 Å². The number of benzene rings is 1. The summed E-state index contributed by atoms with van der Waals surface area (Å²) in [5, 5.41) is 2.96. The number of aryl methyl sites for hydroxylation is 1. The van der Waals surface area contributed by atoms with E-state index in [1.807, 2.05) is 6.92 Å². The lowest BCUT2D eigenvalue weighted by Crippen LogP contribution is -2.09. The van der Waals surface area contributed by atoms with Crippen LogP contribution in [0.15, 0.2) is 34.1 Å². The molecule has 0 saturated carbocycles. The van der Waals surface area contributed by atoms with E-state index in [0.29, 0.717) is 29.2 Å². The van der Waals surface area contributed by atoms with Crippen molar-refractivity contribution in [3.8, 4) is 0 Å². The zero-order valence-electron chi connectivity index (χ0n) is 12.4. The fraction of sp³-hybridized carbons (Fsp3) is 0.267. The Morgan fingerprint density at radius 1 is 1.26 bits per heavy atom. The maximum absolute atomic E-state index is 13.1. The van der Waals surface area contributed by atoms with Crippen molar-refractivity contribution in [3.05, 3.63) is 41.3 Å². The Labute approximate surface area is 135 Å². The van der Waals surface area contributed by atoms with Gasteiger partial charge in [-0.2, -0.15) is 13.2 Å². The van der Waals surface area contributed by atoms with Crippen LogP contribution in [0.2, 0.25) is 0 Å². The third kappa shape index (κ3) is 4.01. The summed E-state index contributed by atoms with van der Waals surface area (Å²) in [6, 6.07) is 5.32. The first-order valence-corrected chi connectivity index (χ1v) is 7.60. The highest BCUT2D eigenvalue weighted by molar-refractivity contribution is 7.99. The van der Waals surface area contributed by atoms with Gasteiger partial charge in [-0.1, -0.05) is 23.9 Å². The first kappa shape index (κ1) is 17.3. The van der Waals surface area contributed by atoms with E-state index in [1.165, 1.54) is 12.1 Å². The first-order chi connectivity index (χ1) is 10.9. The minimum absolute atomic E-state index is 0.00749. The molecule has 0 unspecified atom stereocenters. The maximum atomic E-state index is 13.1. The second-order valence-corrected chi connectivity index (χ2v) is 5.64. The number of nitrogens with one attached hydrogen (secondary N) is 1. The molecule has 0 amide bonds. The van der Waals surface area contributed by atoms with Crippen molar-refractivity contribution >= 4 is 23.9 Å². The molecule has 0 atom stereocenters. The standard InChI is InChI=1S/C15H14F3N3OS/c1-3-19-14-13(9(2)20-12(8-22)21-14)23-11-7-5-4-6-10(11)15(16,17)18/h4-8H,3H2,1-2H3,(H,19,20,21). The monoisotopic (exact) mass is 341 g/mol. The fourth-order valence-electron chi connectivity index (χ4n) is 1.95. The van der Waals surface area contributed by atoms with Crippen LogP contribution in [0.4, 0.5) is 19.0 Å². The van der Waals surface area contributed by atoms with Gasteiger partial charge in [0, 0.05) is 11.4 Å². The van der Waals surface area contributed by atoms with Crippen LogP contribution in [0.5, 0.6) is 0 Å². The van der Waals surface area contributed by atoms with Crippen molar-refractivity contribution in [1.29, 1.82) is 0 Å². The van der Waals surface area contributed by atoms with E-state index >= 15 is 0 Å². The zero-order valence-corrected chi connectivity index (χ0v) is 13.3. The molecule has 2 aromatic rings. The van der Waals surface area contributed by atoms with Gasteiger partial charge in [0.1, 0.15) is 5.82 Å². The molecule has 0 spiro atoms. The number of aldehydes is 1. The zero-order chi connectivity index (χ0) is 17.0. The molecule has 122 valence electrons. The number of hydrogen-bond acceptors (Lipinski definition) is 5. The lowest BCUT2D eigenvalue weighted by atomic mass is 10.2.